The van der Waals surface area contributed by atoms with Gasteiger partial charge in [-0.15, -0.1) is 24.0 Å². The molecule has 7 nitrogen and oxygen atoms in total. The Balaban J connectivity index is 0.00000280. The number of hydrogen-bond acceptors (Lipinski definition) is 4. The Hall–Kier alpha value is -1.36. The molecule has 2 heterocycles. The number of nitrogens with one attached hydrogen (secondary N) is 1. The number of aromatic nitrogens is 2. The molecule has 28 heavy (non-hydrogen) atoms. The molecule has 1 aliphatic heterocycles. The molecular weight excluding hydrogens is 493 g/mol. The molecule has 0 aliphatic carbocycles. The van der Waals surface area contributed by atoms with E-state index in [1.54, 1.807) is 10.7 Å². The highest BCUT2D eigenvalue weighted by atomic mass is 127. The SMILES string of the molecule is CCNC(=NCC(O)c1ccccc1Cl)N1CCOC(c2cnn(C)c2)C1.I. The summed E-state index contributed by atoms with van der Waals surface area (Å²) in [6.45, 7) is 5.04. The molecule has 9 heteroatoms. The summed E-state index contributed by atoms with van der Waals surface area (Å²) in [5.41, 5.74) is 1.74. The van der Waals surface area contributed by atoms with E-state index in [9.17, 15) is 5.11 Å². The van der Waals surface area contributed by atoms with E-state index in [1.165, 1.54) is 0 Å². The van der Waals surface area contributed by atoms with Crippen LogP contribution in [-0.2, 0) is 11.8 Å². The summed E-state index contributed by atoms with van der Waals surface area (Å²) in [5, 5.41) is 18.6. The van der Waals surface area contributed by atoms with Crippen LogP contribution in [0.1, 0.15) is 30.3 Å². The average molecular weight is 520 g/mol. The second kappa shape index (κ2) is 11.0. The molecule has 1 saturated heterocycles. The van der Waals surface area contributed by atoms with Crippen molar-refractivity contribution in [2.24, 2.45) is 12.0 Å². The lowest BCUT2D eigenvalue weighted by molar-refractivity contribution is -0.00811. The number of aliphatic hydroxyl groups is 1. The highest BCUT2D eigenvalue weighted by Gasteiger charge is 2.25. The van der Waals surface area contributed by atoms with Crippen LogP contribution in [0.25, 0.3) is 0 Å². The van der Waals surface area contributed by atoms with E-state index in [1.807, 2.05) is 44.6 Å². The largest absolute Gasteiger partial charge is 0.386 e. The van der Waals surface area contributed by atoms with E-state index in [4.69, 9.17) is 16.3 Å². The number of morpholine rings is 1. The number of ether oxygens (including phenoxy) is 1. The Morgan fingerprint density at radius 1 is 1.46 bits per heavy atom. The number of rotatable bonds is 5. The van der Waals surface area contributed by atoms with Gasteiger partial charge in [-0.25, -0.2) is 0 Å². The number of hydrogen-bond donors (Lipinski definition) is 2. The molecule has 3 rings (SSSR count). The van der Waals surface area contributed by atoms with Gasteiger partial charge in [0, 0.05) is 42.5 Å². The van der Waals surface area contributed by atoms with Crippen LogP contribution in [-0.4, -0.2) is 58.5 Å². The van der Waals surface area contributed by atoms with Crippen LogP contribution >= 0.6 is 35.6 Å². The van der Waals surface area contributed by atoms with Gasteiger partial charge in [0.15, 0.2) is 5.96 Å². The van der Waals surface area contributed by atoms with Gasteiger partial charge >= 0.3 is 0 Å². The fraction of sp³-hybridized carbons (Fsp3) is 0.474. The molecule has 0 amide bonds. The maximum Gasteiger partial charge on any atom is 0.194 e. The lowest BCUT2D eigenvalue weighted by atomic mass is 10.1. The minimum absolute atomic E-state index is 0. The second-order valence-electron chi connectivity index (χ2n) is 6.48. The van der Waals surface area contributed by atoms with Crippen LogP contribution in [0.2, 0.25) is 5.02 Å². The molecule has 0 bridgehead atoms. The Bertz CT molecular complexity index is 785. The number of nitrogens with zero attached hydrogens (tertiary/aromatic N) is 4. The first-order chi connectivity index (χ1) is 13.1. The van der Waals surface area contributed by atoms with Gasteiger partial charge in [0.25, 0.3) is 0 Å². The van der Waals surface area contributed by atoms with E-state index in [2.05, 4.69) is 20.3 Å². The van der Waals surface area contributed by atoms with Gasteiger partial charge in [0.1, 0.15) is 12.2 Å². The van der Waals surface area contributed by atoms with Crippen molar-refractivity contribution < 1.29 is 9.84 Å². The van der Waals surface area contributed by atoms with Crippen LogP contribution in [0.4, 0.5) is 0 Å². The van der Waals surface area contributed by atoms with Gasteiger partial charge in [-0.05, 0) is 13.0 Å². The predicted molar refractivity (Wildman–Crippen MR) is 121 cm³/mol. The van der Waals surface area contributed by atoms with E-state index in [0.29, 0.717) is 23.7 Å². The van der Waals surface area contributed by atoms with E-state index in [0.717, 1.165) is 24.6 Å². The topological polar surface area (TPSA) is 74.9 Å². The molecule has 2 unspecified atom stereocenters. The summed E-state index contributed by atoms with van der Waals surface area (Å²) in [6.07, 6.45) is 3.01. The zero-order chi connectivity index (χ0) is 19.2. The van der Waals surface area contributed by atoms with Crippen molar-refractivity contribution >= 4 is 41.5 Å². The normalized spacial score (nSPS) is 18.5. The van der Waals surface area contributed by atoms with Crippen molar-refractivity contribution in [1.82, 2.24) is 20.0 Å². The van der Waals surface area contributed by atoms with Crippen molar-refractivity contribution in [1.29, 1.82) is 0 Å². The van der Waals surface area contributed by atoms with Crippen LogP contribution in [0, 0.1) is 0 Å². The molecule has 1 aromatic carbocycles. The van der Waals surface area contributed by atoms with Gasteiger partial charge < -0.3 is 20.1 Å². The molecular formula is C19H27ClIN5O2. The van der Waals surface area contributed by atoms with Crippen LogP contribution in [0.3, 0.4) is 0 Å². The molecule has 154 valence electrons. The number of benzene rings is 1. The smallest absolute Gasteiger partial charge is 0.194 e. The van der Waals surface area contributed by atoms with Crippen molar-refractivity contribution in [3.05, 3.63) is 52.8 Å². The van der Waals surface area contributed by atoms with Gasteiger partial charge in [0.2, 0.25) is 0 Å². The Labute approximate surface area is 187 Å². The van der Waals surface area contributed by atoms with Gasteiger partial charge in [-0.1, -0.05) is 29.8 Å². The fourth-order valence-electron chi connectivity index (χ4n) is 3.09. The second-order valence-corrected chi connectivity index (χ2v) is 6.89. The quantitative estimate of drug-likeness (QED) is 0.361. The minimum Gasteiger partial charge on any atom is -0.386 e. The van der Waals surface area contributed by atoms with Gasteiger partial charge in [-0.2, -0.15) is 5.10 Å². The van der Waals surface area contributed by atoms with Crippen LogP contribution < -0.4 is 5.32 Å². The van der Waals surface area contributed by atoms with Crippen molar-refractivity contribution in [2.45, 2.75) is 19.1 Å². The van der Waals surface area contributed by atoms with E-state index >= 15 is 0 Å². The highest BCUT2D eigenvalue weighted by Crippen LogP contribution is 2.24. The average Bonchev–Trinajstić information content (AvgIpc) is 3.12. The lowest BCUT2D eigenvalue weighted by Gasteiger charge is -2.35. The summed E-state index contributed by atoms with van der Waals surface area (Å²) in [4.78, 5) is 6.79. The third-order valence-electron chi connectivity index (χ3n) is 4.48. The maximum absolute atomic E-state index is 10.5. The molecule has 1 aliphatic rings. The lowest BCUT2D eigenvalue weighted by Crippen LogP contribution is -2.48. The van der Waals surface area contributed by atoms with Crippen LogP contribution in [0.5, 0.6) is 0 Å². The van der Waals surface area contributed by atoms with E-state index < -0.39 is 6.10 Å². The van der Waals surface area contributed by atoms with Gasteiger partial charge in [-0.3, -0.25) is 9.67 Å². The van der Waals surface area contributed by atoms with Crippen molar-refractivity contribution in [3.8, 4) is 0 Å². The number of aryl methyl sites for hydroxylation is 1. The number of halogens is 2. The molecule has 0 spiro atoms. The predicted octanol–water partition coefficient (Wildman–Crippen LogP) is 2.76. The first-order valence-corrected chi connectivity index (χ1v) is 9.52. The number of guanidine groups is 1. The Morgan fingerprint density at radius 2 is 2.25 bits per heavy atom. The summed E-state index contributed by atoms with van der Waals surface area (Å²) in [5.74, 6) is 0.765. The molecule has 1 aromatic heterocycles. The number of aliphatic imine (C=N–C) groups is 1. The minimum atomic E-state index is -0.748. The molecule has 2 atom stereocenters. The summed E-state index contributed by atoms with van der Waals surface area (Å²) >= 11 is 6.17. The summed E-state index contributed by atoms with van der Waals surface area (Å²) < 4.78 is 7.68. The number of aliphatic hydroxyl groups excluding tert-OH is 1. The summed E-state index contributed by atoms with van der Waals surface area (Å²) in [7, 11) is 1.89. The van der Waals surface area contributed by atoms with Gasteiger partial charge in [0.05, 0.1) is 25.9 Å². The molecule has 1 fully saturated rings. The molecule has 0 radical (unpaired) electrons. The monoisotopic (exact) mass is 519 g/mol. The third-order valence-corrected chi connectivity index (χ3v) is 4.82. The first-order valence-electron chi connectivity index (χ1n) is 9.14. The first kappa shape index (κ1) is 22.9. The van der Waals surface area contributed by atoms with E-state index in [-0.39, 0.29) is 36.6 Å². The zero-order valence-corrected chi connectivity index (χ0v) is 19.2. The highest BCUT2D eigenvalue weighted by molar-refractivity contribution is 14.0. The molecule has 0 saturated carbocycles. The van der Waals surface area contributed by atoms with Crippen molar-refractivity contribution in [3.63, 3.8) is 0 Å². The Morgan fingerprint density at radius 3 is 2.93 bits per heavy atom. The van der Waals surface area contributed by atoms with Crippen molar-refractivity contribution in [2.75, 3.05) is 32.8 Å². The maximum atomic E-state index is 10.5. The molecule has 2 N–H and O–H groups in total. The zero-order valence-electron chi connectivity index (χ0n) is 16.1. The molecule has 2 aromatic rings. The summed E-state index contributed by atoms with van der Waals surface area (Å²) in [6, 6.07) is 7.30. The standard InChI is InChI=1S/C19H26ClN5O2.HI/c1-3-21-19(22-11-17(26)15-6-4-5-7-16(15)20)25-8-9-27-18(13-25)14-10-23-24(2)12-14;/h4-7,10,12,17-18,26H,3,8-9,11,13H2,1-2H3,(H,21,22);1H. The fourth-order valence-corrected chi connectivity index (χ4v) is 3.35. The third kappa shape index (κ3) is 5.82. The van der Waals surface area contributed by atoms with Crippen LogP contribution in [0.15, 0.2) is 41.7 Å². The Kier molecular flexibility index (Phi) is 9.00.